The zero-order valence-corrected chi connectivity index (χ0v) is 9.07. The van der Waals surface area contributed by atoms with E-state index in [1.165, 1.54) is 12.8 Å². The zero-order valence-electron chi connectivity index (χ0n) is 9.07. The molecule has 2 rings (SSSR count). The van der Waals surface area contributed by atoms with Crippen LogP contribution < -0.4 is 5.73 Å². The molecule has 2 atom stereocenters. The number of carbonyl (C=O) groups is 1. The Morgan fingerprint density at radius 1 is 1.43 bits per heavy atom. The normalized spacial score (nSPS) is 30.1. The molecule has 0 aromatic rings. The van der Waals surface area contributed by atoms with Gasteiger partial charge in [-0.2, -0.15) is 0 Å². The Morgan fingerprint density at radius 2 is 2.07 bits per heavy atom. The number of nitrogens with zero attached hydrogens (tertiary/aromatic N) is 1. The minimum Gasteiger partial charge on any atom is -0.339 e. The Hall–Kier alpha value is -0.570. The lowest BCUT2D eigenvalue weighted by Gasteiger charge is -2.22. The van der Waals surface area contributed by atoms with Crippen LogP contribution in [0.2, 0.25) is 0 Å². The third-order valence-electron chi connectivity index (χ3n) is 3.49. The Morgan fingerprint density at radius 3 is 2.57 bits per heavy atom. The predicted octanol–water partition coefficient (Wildman–Crippen LogP) is 0.981. The Bertz CT molecular complexity index is 235. The smallest absolute Gasteiger partial charge is 0.223 e. The van der Waals surface area contributed by atoms with Gasteiger partial charge in [0.05, 0.1) is 0 Å². The minimum atomic E-state index is 0.183. The molecule has 1 aliphatic carbocycles. The van der Waals surface area contributed by atoms with Gasteiger partial charge in [-0.3, -0.25) is 4.79 Å². The fourth-order valence-corrected chi connectivity index (χ4v) is 2.30. The van der Waals surface area contributed by atoms with Gasteiger partial charge < -0.3 is 10.6 Å². The second-order valence-electron chi connectivity index (χ2n) is 5.06. The van der Waals surface area contributed by atoms with Crippen LogP contribution in [0.5, 0.6) is 0 Å². The molecule has 2 N–H and O–H groups in total. The summed E-state index contributed by atoms with van der Waals surface area (Å²) in [4.78, 5) is 13.7. The fraction of sp³-hybridized carbons (Fsp3) is 0.909. The highest BCUT2D eigenvalue weighted by molar-refractivity contribution is 5.79. The van der Waals surface area contributed by atoms with Gasteiger partial charge >= 0.3 is 0 Å². The van der Waals surface area contributed by atoms with Crippen molar-refractivity contribution in [3.05, 3.63) is 0 Å². The molecule has 1 amide bonds. The molecule has 0 radical (unpaired) electrons. The third-order valence-corrected chi connectivity index (χ3v) is 3.49. The SMILES string of the molecule is CC(C)C(N)C1CC(=O)N(C2CC2)C1. The highest BCUT2D eigenvalue weighted by Gasteiger charge is 2.41. The maximum Gasteiger partial charge on any atom is 0.223 e. The van der Waals surface area contributed by atoms with E-state index in [2.05, 4.69) is 13.8 Å². The molecule has 0 aromatic heterocycles. The van der Waals surface area contributed by atoms with Crippen molar-refractivity contribution in [2.45, 2.75) is 45.2 Å². The van der Waals surface area contributed by atoms with Crippen molar-refractivity contribution >= 4 is 5.91 Å². The van der Waals surface area contributed by atoms with E-state index in [9.17, 15) is 4.79 Å². The number of rotatable bonds is 3. The predicted molar refractivity (Wildman–Crippen MR) is 55.7 cm³/mol. The van der Waals surface area contributed by atoms with Gasteiger partial charge in [0.2, 0.25) is 5.91 Å². The van der Waals surface area contributed by atoms with Crippen LogP contribution in [0.3, 0.4) is 0 Å². The van der Waals surface area contributed by atoms with E-state index in [4.69, 9.17) is 5.73 Å². The molecule has 80 valence electrons. The maximum atomic E-state index is 11.7. The van der Waals surface area contributed by atoms with E-state index in [0.717, 1.165) is 6.54 Å². The molecular formula is C11H20N2O. The number of nitrogens with two attached hydrogens (primary N) is 1. The van der Waals surface area contributed by atoms with Crippen LogP contribution in [0.4, 0.5) is 0 Å². The van der Waals surface area contributed by atoms with Crippen molar-refractivity contribution in [2.24, 2.45) is 17.6 Å². The molecule has 0 aromatic carbocycles. The molecule has 1 aliphatic heterocycles. The molecule has 2 aliphatic rings. The molecule has 2 fully saturated rings. The summed E-state index contributed by atoms with van der Waals surface area (Å²) < 4.78 is 0. The number of amides is 1. The van der Waals surface area contributed by atoms with E-state index < -0.39 is 0 Å². The molecule has 14 heavy (non-hydrogen) atoms. The topological polar surface area (TPSA) is 46.3 Å². The first-order chi connectivity index (χ1) is 6.59. The quantitative estimate of drug-likeness (QED) is 0.731. The van der Waals surface area contributed by atoms with Crippen molar-refractivity contribution < 1.29 is 4.79 Å². The van der Waals surface area contributed by atoms with Crippen LogP contribution >= 0.6 is 0 Å². The second-order valence-corrected chi connectivity index (χ2v) is 5.06. The van der Waals surface area contributed by atoms with Crippen molar-refractivity contribution in [1.29, 1.82) is 0 Å². The highest BCUT2D eigenvalue weighted by Crippen LogP contribution is 2.34. The molecule has 0 bridgehead atoms. The van der Waals surface area contributed by atoms with Crippen molar-refractivity contribution in [1.82, 2.24) is 4.90 Å². The number of carbonyl (C=O) groups excluding carboxylic acids is 1. The molecule has 2 unspecified atom stereocenters. The highest BCUT2D eigenvalue weighted by atomic mass is 16.2. The lowest BCUT2D eigenvalue weighted by molar-refractivity contribution is -0.128. The summed E-state index contributed by atoms with van der Waals surface area (Å²) in [5, 5.41) is 0. The first kappa shape index (κ1) is 9.97. The lowest BCUT2D eigenvalue weighted by Crippen LogP contribution is -2.37. The van der Waals surface area contributed by atoms with Gasteiger partial charge in [0.1, 0.15) is 0 Å². The second kappa shape index (κ2) is 3.54. The molecule has 0 spiro atoms. The molecule has 1 saturated heterocycles. The van der Waals surface area contributed by atoms with Gasteiger partial charge in [-0.05, 0) is 18.8 Å². The van der Waals surface area contributed by atoms with Gasteiger partial charge in [-0.25, -0.2) is 0 Å². The van der Waals surface area contributed by atoms with E-state index in [1.807, 2.05) is 4.90 Å². The summed E-state index contributed by atoms with van der Waals surface area (Å²) >= 11 is 0. The lowest BCUT2D eigenvalue weighted by atomic mass is 9.91. The van der Waals surface area contributed by atoms with Crippen molar-refractivity contribution in [3.63, 3.8) is 0 Å². The van der Waals surface area contributed by atoms with Gasteiger partial charge in [0, 0.05) is 31.0 Å². The largest absolute Gasteiger partial charge is 0.339 e. The van der Waals surface area contributed by atoms with E-state index in [1.54, 1.807) is 0 Å². The van der Waals surface area contributed by atoms with E-state index in [-0.39, 0.29) is 6.04 Å². The summed E-state index contributed by atoms with van der Waals surface area (Å²) in [6, 6.07) is 0.745. The Kier molecular flexibility index (Phi) is 2.52. The first-order valence-corrected chi connectivity index (χ1v) is 5.64. The number of hydrogen-bond acceptors (Lipinski definition) is 2. The molecular weight excluding hydrogens is 176 g/mol. The van der Waals surface area contributed by atoms with E-state index >= 15 is 0 Å². The zero-order chi connectivity index (χ0) is 10.3. The van der Waals surface area contributed by atoms with Crippen molar-refractivity contribution in [2.75, 3.05) is 6.54 Å². The first-order valence-electron chi connectivity index (χ1n) is 5.64. The van der Waals surface area contributed by atoms with Crippen molar-refractivity contribution in [3.8, 4) is 0 Å². The Labute approximate surface area is 85.6 Å². The fourth-order valence-electron chi connectivity index (χ4n) is 2.30. The Balaban J connectivity index is 1.94. The maximum absolute atomic E-state index is 11.7. The van der Waals surface area contributed by atoms with Crippen LogP contribution in [0.25, 0.3) is 0 Å². The molecule has 3 heteroatoms. The minimum absolute atomic E-state index is 0.183. The molecule has 3 nitrogen and oxygen atoms in total. The summed E-state index contributed by atoms with van der Waals surface area (Å²) in [6.07, 6.45) is 3.08. The molecule has 1 heterocycles. The number of likely N-dealkylation sites (tertiary alicyclic amines) is 1. The average Bonchev–Trinajstić information content (AvgIpc) is 2.89. The third kappa shape index (κ3) is 1.78. The summed E-state index contributed by atoms with van der Waals surface area (Å²) in [5.74, 6) is 1.20. The van der Waals surface area contributed by atoms with Gasteiger partial charge in [-0.15, -0.1) is 0 Å². The monoisotopic (exact) mass is 196 g/mol. The van der Waals surface area contributed by atoms with Crippen LogP contribution in [-0.4, -0.2) is 29.4 Å². The summed E-state index contributed by atoms with van der Waals surface area (Å²) in [5.41, 5.74) is 6.09. The van der Waals surface area contributed by atoms with Gasteiger partial charge in [0.25, 0.3) is 0 Å². The van der Waals surface area contributed by atoms with E-state index in [0.29, 0.717) is 30.2 Å². The average molecular weight is 196 g/mol. The van der Waals surface area contributed by atoms with Crippen LogP contribution in [0.1, 0.15) is 33.1 Å². The van der Waals surface area contributed by atoms with Gasteiger partial charge in [-0.1, -0.05) is 13.8 Å². The molecule has 1 saturated carbocycles. The standard InChI is InChI=1S/C11H20N2O/c1-7(2)11(12)8-5-10(14)13(6-8)9-3-4-9/h7-9,11H,3-6,12H2,1-2H3. The van der Waals surface area contributed by atoms with Crippen LogP contribution in [-0.2, 0) is 4.79 Å². The van der Waals surface area contributed by atoms with Gasteiger partial charge in [0.15, 0.2) is 0 Å². The summed E-state index contributed by atoms with van der Waals surface area (Å²) in [6.45, 7) is 5.17. The number of hydrogen-bond donors (Lipinski definition) is 1. The van der Waals surface area contributed by atoms with Crippen LogP contribution in [0.15, 0.2) is 0 Å². The summed E-state index contributed by atoms with van der Waals surface area (Å²) in [7, 11) is 0. The van der Waals surface area contributed by atoms with Crippen LogP contribution in [0, 0.1) is 11.8 Å².